The summed E-state index contributed by atoms with van der Waals surface area (Å²) in [4.78, 5) is 0. The van der Waals surface area contributed by atoms with Crippen molar-refractivity contribution < 1.29 is 9.94 Å². The zero-order valence-electron chi connectivity index (χ0n) is 13.6. The zero-order chi connectivity index (χ0) is 15.9. The van der Waals surface area contributed by atoms with Crippen molar-refractivity contribution in [3.05, 3.63) is 29.3 Å². The van der Waals surface area contributed by atoms with E-state index in [4.69, 9.17) is 15.7 Å². The van der Waals surface area contributed by atoms with Gasteiger partial charge in [-0.15, -0.1) is 0 Å². The number of nitrogens with two attached hydrogens (primary N) is 1. The van der Waals surface area contributed by atoms with E-state index in [2.05, 4.69) is 51.0 Å². The molecule has 0 saturated carbocycles. The van der Waals surface area contributed by atoms with Gasteiger partial charge in [-0.3, -0.25) is 0 Å². The summed E-state index contributed by atoms with van der Waals surface area (Å²) in [6.07, 6.45) is 3.37. The summed E-state index contributed by atoms with van der Waals surface area (Å²) in [6, 6.07) is 6.44. The monoisotopic (exact) mass is 292 g/mol. The van der Waals surface area contributed by atoms with E-state index in [1.54, 1.807) is 0 Å². The van der Waals surface area contributed by atoms with E-state index < -0.39 is 0 Å². The van der Waals surface area contributed by atoms with Gasteiger partial charge in [-0.25, -0.2) is 0 Å². The van der Waals surface area contributed by atoms with Crippen LogP contribution in [0, 0.1) is 0 Å². The number of rotatable bonds is 7. The largest absolute Gasteiger partial charge is 0.493 e. The van der Waals surface area contributed by atoms with E-state index in [-0.39, 0.29) is 11.3 Å². The van der Waals surface area contributed by atoms with Crippen LogP contribution in [-0.2, 0) is 11.8 Å². The first-order valence-corrected chi connectivity index (χ1v) is 7.61. The molecule has 118 valence electrons. The van der Waals surface area contributed by atoms with Crippen molar-refractivity contribution >= 4 is 5.84 Å². The average molecular weight is 292 g/mol. The Kier molecular flexibility index (Phi) is 6.53. The third kappa shape index (κ3) is 5.66. The van der Waals surface area contributed by atoms with Crippen LogP contribution < -0.4 is 10.5 Å². The van der Waals surface area contributed by atoms with Crippen LogP contribution in [0.2, 0.25) is 0 Å². The Morgan fingerprint density at radius 2 is 2.00 bits per heavy atom. The molecule has 0 unspecified atom stereocenters. The molecule has 1 rings (SSSR count). The maximum atomic E-state index is 8.48. The molecule has 0 spiro atoms. The molecule has 0 aliphatic carbocycles. The van der Waals surface area contributed by atoms with Crippen molar-refractivity contribution in [2.45, 2.75) is 58.8 Å². The van der Waals surface area contributed by atoms with Crippen LogP contribution in [0.25, 0.3) is 0 Å². The second kappa shape index (κ2) is 7.91. The summed E-state index contributed by atoms with van der Waals surface area (Å²) in [5.41, 5.74) is 8.08. The van der Waals surface area contributed by atoms with Crippen LogP contribution in [-0.4, -0.2) is 17.6 Å². The Balaban J connectivity index is 2.62. The smallest absolute Gasteiger partial charge is 0.139 e. The first-order chi connectivity index (χ1) is 9.88. The third-order valence-electron chi connectivity index (χ3n) is 3.47. The van der Waals surface area contributed by atoms with Gasteiger partial charge in [0.05, 0.1) is 6.61 Å². The van der Waals surface area contributed by atoms with E-state index in [0.717, 1.165) is 25.0 Å². The van der Waals surface area contributed by atoms with Gasteiger partial charge in [0.2, 0.25) is 0 Å². The normalized spacial score (nSPS) is 12.5. The summed E-state index contributed by atoms with van der Waals surface area (Å²) < 4.78 is 5.94. The molecule has 21 heavy (non-hydrogen) atoms. The second-order valence-electron chi connectivity index (χ2n) is 6.33. The summed E-state index contributed by atoms with van der Waals surface area (Å²) in [7, 11) is 0. The predicted molar refractivity (Wildman–Crippen MR) is 87.3 cm³/mol. The molecule has 0 heterocycles. The number of amidine groups is 1. The number of ether oxygens (including phenoxy) is 1. The topological polar surface area (TPSA) is 67.8 Å². The van der Waals surface area contributed by atoms with Crippen LogP contribution >= 0.6 is 0 Å². The number of oxime groups is 1. The van der Waals surface area contributed by atoms with E-state index >= 15 is 0 Å². The minimum Gasteiger partial charge on any atom is -0.493 e. The Morgan fingerprint density at radius 3 is 2.57 bits per heavy atom. The van der Waals surface area contributed by atoms with Gasteiger partial charge in [0.1, 0.15) is 11.6 Å². The lowest BCUT2D eigenvalue weighted by Gasteiger charge is -2.23. The Morgan fingerprint density at radius 1 is 1.29 bits per heavy atom. The fourth-order valence-corrected chi connectivity index (χ4v) is 2.15. The highest BCUT2D eigenvalue weighted by Crippen LogP contribution is 2.32. The van der Waals surface area contributed by atoms with E-state index in [1.165, 1.54) is 11.1 Å². The number of hydrogen-bond donors (Lipinski definition) is 2. The summed E-state index contributed by atoms with van der Waals surface area (Å²) in [6.45, 7) is 9.41. The van der Waals surface area contributed by atoms with Crippen molar-refractivity contribution in [2.24, 2.45) is 10.9 Å². The van der Waals surface area contributed by atoms with Gasteiger partial charge in [0, 0.05) is 6.42 Å². The highest BCUT2D eigenvalue weighted by molar-refractivity contribution is 5.79. The zero-order valence-corrected chi connectivity index (χ0v) is 13.6. The van der Waals surface area contributed by atoms with E-state index in [9.17, 15) is 0 Å². The summed E-state index contributed by atoms with van der Waals surface area (Å²) in [5.74, 6) is 1.24. The minimum atomic E-state index is 0.0640. The van der Waals surface area contributed by atoms with Crippen molar-refractivity contribution in [1.82, 2.24) is 0 Å². The lowest BCUT2D eigenvalue weighted by atomic mass is 9.85. The van der Waals surface area contributed by atoms with Crippen molar-refractivity contribution in [1.29, 1.82) is 0 Å². The van der Waals surface area contributed by atoms with E-state index in [0.29, 0.717) is 13.0 Å². The number of nitrogens with zero attached hydrogens (tertiary/aromatic N) is 1. The van der Waals surface area contributed by atoms with Gasteiger partial charge in [-0.1, -0.05) is 45.0 Å². The number of unbranched alkanes of at least 4 members (excludes halogenated alkanes) is 1. The van der Waals surface area contributed by atoms with Crippen LogP contribution in [0.15, 0.2) is 23.4 Å². The molecule has 4 heteroatoms. The standard InChI is InChI=1S/C17H28N2O2/c1-5-13-9-10-15(14(12-13)17(2,3)4)21-11-7-6-8-16(18)19-20/h9-10,12,20H,5-8,11H2,1-4H3,(H2,18,19). The van der Waals surface area contributed by atoms with Crippen LogP contribution in [0.4, 0.5) is 0 Å². The van der Waals surface area contributed by atoms with Gasteiger partial charge in [-0.2, -0.15) is 0 Å². The summed E-state index contributed by atoms with van der Waals surface area (Å²) in [5, 5.41) is 11.4. The third-order valence-corrected chi connectivity index (χ3v) is 3.47. The quantitative estimate of drug-likeness (QED) is 0.264. The molecule has 1 aromatic rings. The lowest BCUT2D eigenvalue weighted by molar-refractivity contribution is 0.298. The van der Waals surface area contributed by atoms with Gasteiger partial charge < -0.3 is 15.7 Å². The van der Waals surface area contributed by atoms with Crippen LogP contribution in [0.3, 0.4) is 0 Å². The molecule has 0 aliphatic heterocycles. The molecule has 0 radical (unpaired) electrons. The Bertz CT molecular complexity index is 476. The molecule has 0 aromatic heterocycles. The van der Waals surface area contributed by atoms with Crippen molar-refractivity contribution in [3.8, 4) is 5.75 Å². The molecular weight excluding hydrogens is 264 g/mol. The molecule has 0 atom stereocenters. The van der Waals surface area contributed by atoms with Crippen molar-refractivity contribution in [3.63, 3.8) is 0 Å². The van der Waals surface area contributed by atoms with Gasteiger partial charge in [0.15, 0.2) is 0 Å². The highest BCUT2D eigenvalue weighted by Gasteiger charge is 2.19. The SMILES string of the molecule is CCc1ccc(OCCCCC(N)=NO)c(C(C)(C)C)c1. The fourth-order valence-electron chi connectivity index (χ4n) is 2.15. The first-order valence-electron chi connectivity index (χ1n) is 7.61. The maximum Gasteiger partial charge on any atom is 0.139 e. The summed E-state index contributed by atoms with van der Waals surface area (Å²) >= 11 is 0. The van der Waals surface area contributed by atoms with Gasteiger partial charge >= 0.3 is 0 Å². The predicted octanol–water partition coefficient (Wildman–Crippen LogP) is 3.84. The molecule has 0 bridgehead atoms. The number of hydrogen-bond acceptors (Lipinski definition) is 3. The minimum absolute atomic E-state index is 0.0640. The Labute approximate surface area is 128 Å². The number of aryl methyl sites for hydroxylation is 1. The molecule has 0 amide bonds. The lowest BCUT2D eigenvalue weighted by Crippen LogP contribution is -2.15. The molecule has 0 aliphatic rings. The second-order valence-corrected chi connectivity index (χ2v) is 6.33. The Hall–Kier alpha value is -1.71. The number of benzene rings is 1. The fraction of sp³-hybridized carbons (Fsp3) is 0.588. The van der Waals surface area contributed by atoms with Crippen LogP contribution in [0.5, 0.6) is 5.75 Å². The average Bonchev–Trinajstić information content (AvgIpc) is 2.45. The molecule has 3 N–H and O–H groups in total. The molecule has 1 aromatic carbocycles. The molecule has 4 nitrogen and oxygen atoms in total. The van der Waals surface area contributed by atoms with Gasteiger partial charge in [0.25, 0.3) is 0 Å². The van der Waals surface area contributed by atoms with Crippen molar-refractivity contribution in [2.75, 3.05) is 6.61 Å². The molecule has 0 fully saturated rings. The molecule has 0 saturated heterocycles. The molecular formula is C17H28N2O2. The highest BCUT2D eigenvalue weighted by atomic mass is 16.5. The van der Waals surface area contributed by atoms with E-state index in [1.807, 2.05) is 0 Å². The van der Waals surface area contributed by atoms with Gasteiger partial charge in [-0.05, 0) is 41.9 Å². The van der Waals surface area contributed by atoms with Crippen LogP contribution in [0.1, 0.15) is 58.1 Å². The maximum absolute atomic E-state index is 8.48. The first kappa shape index (κ1) is 17.3.